The first-order valence-corrected chi connectivity index (χ1v) is 13.1. The number of fused-ring (bicyclic) bond motifs is 2. The summed E-state index contributed by atoms with van der Waals surface area (Å²) in [6.07, 6.45) is 3.61. The van der Waals surface area contributed by atoms with Crippen LogP contribution in [0.25, 0.3) is 22.3 Å². The maximum Gasteiger partial charge on any atom is 0.220 e. The largest absolute Gasteiger partial charge is 0.493 e. The lowest BCUT2D eigenvalue weighted by Crippen LogP contribution is -2.23. The van der Waals surface area contributed by atoms with Gasteiger partial charge in [0.1, 0.15) is 11.6 Å². The van der Waals surface area contributed by atoms with Gasteiger partial charge < -0.3 is 20.8 Å². The van der Waals surface area contributed by atoms with E-state index in [0.717, 1.165) is 53.3 Å². The smallest absolute Gasteiger partial charge is 0.220 e. The van der Waals surface area contributed by atoms with Crippen molar-refractivity contribution in [3.8, 4) is 17.0 Å². The van der Waals surface area contributed by atoms with Crippen molar-refractivity contribution >= 4 is 28.3 Å². The third-order valence-corrected chi connectivity index (χ3v) is 7.69. The zero-order valence-corrected chi connectivity index (χ0v) is 20.9. The molecule has 2 atom stereocenters. The van der Waals surface area contributed by atoms with Gasteiger partial charge in [0.25, 0.3) is 0 Å². The molecule has 8 heteroatoms. The highest BCUT2D eigenvalue weighted by Gasteiger charge is 2.25. The molecule has 0 aliphatic carbocycles. The Balaban J connectivity index is 1.17. The molecule has 6 rings (SSSR count). The van der Waals surface area contributed by atoms with Crippen LogP contribution in [0.1, 0.15) is 40.7 Å². The normalized spacial score (nSPS) is 16.0. The van der Waals surface area contributed by atoms with Crippen LogP contribution in [-0.4, -0.2) is 33.1 Å². The summed E-state index contributed by atoms with van der Waals surface area (Å²) in [7, 11) is 0. The van der Waals surface area contributed by atoms with E-state index in [0.29, 0.717) is 6.61 Å². The summed E-state index contributed by atoms with van der Waals surface area (Å²) in [5.74, 6) is 2.35. The first kappa shape index (κ1) is 22.7. The lowest BCUT2D eigenvalue weighted by molar-refractivity contribution is 0.258. The number of nitrogen functional groups attached to an aromatic ring is 1. The number of thiophene rings is 1. The molecule has 4 N–H and O–H groups in total. The van der Waals surface area contributed by atoms with E-state index in [1.165, 1.54) is 16.0 Å². The number of rotatable bonds is 7. The van der Waals surface area contributed by atoms with E-state index in [1.807, 2.05) is 35.6 Å². The Bertz CT molecular complexity index is 1500. The Morgan fingerprint density at radius 1 is 1.17 bits per heavy atom. The maximum absolute atomic E-state index is 6.15. The molecule has 182 valence electrons. The average Bonchev–Trinajstić information content (AvgIpc) is 3.57. The topological polar surface area (TPSA) is 102 Å². The van der Waals surface area contributed by atoms with Crippen LogP contribution >= 0.6 is 11.3 Å². The fourth-order valence-electron chi connectivity index (χ4n) is 4.76. The first-order valence-electron chi connectivity index (χ1n) is 12.2. The van der Waals surface area contributed by atoms with E-state index >= 15 is 0 Å². The van der Waals surface area contributed by atoms with Crippen LogP contribution in [0.4, 0.5) is 5.95 Å². The van der Waals surface area contributed by atoms with Gasteiger partial charge in [0.15, 0.2) is 0 Å². The van der Waals surface area contributed by atoms with E-state index < -0.39 is 0 Å². The number of hydrogen-bond acceptors (Lipinski definition) is 7. The number of anilines is 1. The van der Waals surface area contributed by atoms with Crippen molar-refractivity contribution in [2.24, 2.45) is 0 Å². The number of H-pyrrole nitrogens is 1. The molecule has 0 fully saturated rings. The molecule has 1 aliphatic heterocycles. The molecular weight excluding hydrogens is 468 g/mol. The zero-order valence-electron chi connectivity index (χ0n) is 20.1. The Morgan fingerprint density at radius 3 is 2.97 bits per heavy atom. The number of aromatic amines is 1. The quantitative estimate of drug-likeness (QED) is 0.284. The van der Waals surface area contributed by atoms with Gasteiger partial charge in [0, 0.05) is 29.2 Å². The summed E-state index contributed by atoms with van der Waals surface area (Å²) in [6, 6.07) is 19.1. The predicted octanol–water partition coefficient (Wildman–Crippen LogP) is 5.28. The number of imidazole rings is 1. The highest BCUT2D eigenvalue weighted by atomic mass is 32.1. The number of ether oxygens (including phenoxy) is 1. The molecule has 2 aromatic carbocycles. The Morgan fingerprint density at radius 2 is 2.11 bits per heavy atom. The molecular formula is C28H28N6OS. The van der Waals surface area contributed by atoms with Crippen LogP contribution < -0.4 is 15.8 Å². The second kappa shape index (κ2) is 9.72. The van der Waals surface area contributed by atoms with Crippen molar-refractivity contribution in [2.45, 2.75) is 31.7 Å². The minimum Gasteiger partial charge on any atom is -0.493 e. The maximum atomic E-state index is 6.15. The van der Waals surface area contributed by atoms with Crippen molar-refractivity contribution in [3.63, 3.8) is 0 Å². The molecule has 0 bridgehead atoms. The highest BCUT2D eigenvalue weighted by molar-refractivity contribution is 7.09. The molecule has 0 saturated carbocycles. The minimum absolute atomic E-state index is 0.167. The van der Waals surface area contributed by atoms with Gasteiger partial charge >= 0.3 is 0 Å². The second-order valence-electron chi connectivity index (χ2n) is 9.24. The molecule has 4 heterocycles. The number of hydrogen-bond donors (Lipinski definition) is 3. The van der Waals surface area contributed by atoms with E-state index in [2.05, 4.69) is 62.9 Å². The van der Waals surface area contributed by atoms with Crippen molar-refractivity contribution in [2.75, 3.05) is 18.9 Å². The molecule has 0 spiro atoms. The SMILES string of the molecule is CC(NCCc1cccs1)c1ccc2c(c1)CC(c1nc3cc(-c4ccnc(N)n4)ccc3[nH]1)CO2. The lowest BCUT2D eigenvalue weighted by Gasteiger charge is -2.25. The summed E-state index contributed by atoms with van der Waals surface area (Å²) in [5, 5.41) is 5.79. The molecule has 2 unspecified atom stereocenters. The van der Waals surface area contributed by atoms with Crippen LogP contribution in [0.3, 0.4) is 0 Å². The highest BCUT2D eigenvalue weighted by Crippen LogP contribution is 2.34. The van der Waals surface area contributed by atoms with Gasteiger partial charge in [-0.2, -0.15) is 0 Å². The summed E-state index contributed by atoms with van der Waals surface area (Å²) in [4.78, 5) is 18.1. The zero-order chi connectivity index (χ0) is 24.5. The van der Waals surface area contributed by atoms with E-state index in [1.54, 1.807) is 6.20 Å². The second-order valence-corrected chi connectivity index (χ2v) is 10.3. The van der Waals surface area contributed by atoms with Gasteiger partial charge in [-0.15, -0.1) is 11.3 Å². The molecule has 0 saturated heterocycles. The third kappa shape index (κ3) is 4.69. The molecule has 7 nitrogen and oxygen atoms in total. The fourth-order valence-corrected chi connectivity index (χ4v) is 5.47. The van der Waals surface area contributed by atoms with Crippen LogP contribution in [0.2, 0.25) is 0 Å². The van der Waals surface area contributed by atoms with Gasteiger partial charge in [0.2, 0.25) is 5.95 Å². The number of nitrogens with zero attached hydrogens (tertiary/aromatic N) is 3. The standard InChI is InChI=1S/C28H28N6OS/c1-17(30-10-8-22-3-2-12-36-22)18-5-7-26-20(13-18)14-21(16-35-26)27-32-24-6-4-19(15-25(24)33-27)23-9-11-31-28(29)34-23/h2-7,9,11-13,15,17,21,30H,8,10,14,16H2,1H3,(H,32,33)(H2,29,31,34). The van der Waals surface area contributed by atoms with Crippen LogP contribution in [0, 0.1) is 0 Å². The summed E-state index contributed by atoms with van der Waals surface area (Å²) in [5.41, 5.74) is 11.9. The van der Waals surface area contributed by atoms with E-state index in [-0.39, 0.29) is 17.9 Å². The van der Waals surface area contributed by atoms with Gasteiger partial charge in [-0.05, 0) is 66.6 Å². The number of nitrogens with one attached hydrogen (secondary N) is 2. The van der Waals surface area contributed by atoms with Crippen molar-refractivity contribution in [1.82, 2.24) is 25.3 Å². The fraction of sp³-hybridized carbons (Fsp3) is 0.250. The molecule has 36 heavy (non-hydrogen) atoms. The summed E-state index contributed by atoms with van der Waals surface area (Å²) >= 11 is 1.81. The van der Waals surface area contributed by atoms with Crippen molar-refractivity contribution < 1.29 is 4.74 Å². The van der Waals surface area contributed by atoms with Gasteiger partial charge in [-0.3, -0.25) is 0 Å². The van der Waals surface area contributed by atoms with Crippen molar-refractivity contribution in [3.05, 3.63) is 88.0 Å². The number of aromatic nitrogens is 4. The summed E-state index contributed by atoms with van der Waals surface area (Å²) < 4.78 is 6.15. The molecule has 3 aromatic heterocycles. The number of nitrogens with two attached hydrogens (primary N) is 1. The van der Waals surface area contributed by atoms with Gasteiger partial charge in [-0.1, -0.05) is 24.3 Å². The predicted molar refractivity (Wildman–Crippen MR) is 144 cm³/mol. The minimum atomic E-state index is 0.167. The van der Waals surface area contributed by atoms with Gasteiger partial charge in [-0.25, -0.2) is 15.0 Å². The van der Waals surface area contributed by atoms with Crippen molar-refractivity contribution in [1.29, 1.82) is 0 Å². The Hall–Kier alpha value is -3.75. The molecule has 0 radical (unpaired) electrons. The van der Waals surface area contributed by atoms with Crippen LogP contribution in [0.5, 0.6) is 5.75 Å². The van der Waals surface area contributed by atoms with Crippen LogP contribution in [0.15, 0.2) is 66.2 Å². The molecule has 5 aromatic rings. The molecule has 1 aliphatic rings. The lowest BCUT2D eigenvalue weighted by atomic mass is 9.93. The van der Waals surface area contributed by atoms with Crippen LogP contribution in [-0.2, 0) is 12.8 Å². The van der Waals surface area contributed by atoms with Gasteiger partial charge in [0.05, 0.1) is 29.3 Å². The van der Waals surface area contributed by atoms with E-state index in [9.17, 15) is 0 Å². The first-order chi connectivity index (χ1) is 17.6. The van der Waals surface area contributed by atoms with E-state index in [4.69, 9.17) is 15.5 Å². The Labute approximate surface area is 213 Å². The monoisotopic (exact) mass is 496 g/mol. The summed E-state index contributed by atoms with van der Waals surface area (Å²) in [6.45, 7) is 3.79. The Kier molecular flexibility index (Phi) is 6.13. The molecule has 0 amide bonds. The third-order valence-electron chi connectivity index (χ3n) is 6.75. The number of benzene rings is 2. The average molecular weight is 497 g/mol.